The highest BCUT2D eigenvalue weighted by Gasteiger charge is 2.35. The van der Waals surface area contributed by atoms with Crippen LogP contribution in [-0.2, 0) is 14.3 Å². The number of ether oxygens (including phenoxy) is 2. The van der Waals surface area contributed by atoms with Gasteiger partial charge in [-0.2, -0.15) is 0 Å². The first-order valence-electron chi connectivity index (χ1n) is 9.23. The van der Waals surface area contributed by atoms with Gasteiger partial charge in [0.1, 0.15) is 18.4 Å². The molecule has 0 saturated carbocycles. The fraction of sp³-hybridized carbons (Fsp3) is 0.200. The predicted octanol–water partition coefficient (Wildman–Crippen LogP) is 1.80. The van der Waals surface area contributed by atoms with Crippen LogP contribution in [-0.4, -0.2) is 37.2 Å². The van der Waals surface area contributed by atoms with Gasteiger partial charge < -0.3 is 35.6 Å². The summed E-state index contributed by atoms with van der Waals surface area (Å²) in [6, 6.07) is 6.79. The van der Waals surface area contributed by atoms with Gasteiger partial charge in [-0.25, -0.2) is 19.2 Å². The van der Waals surface area contributed by atoms with Crippen molar-refractivity contribution in [1.29, 1.82) is 0 Å². The van der Waals surface area contributed by atoms with Gasteiger partial charge in [0.25, 0.3) is 0 Å². The van der Waals surface area contributed by atoms with Crippen molar-refractivity contribution >= 4 is 29.7 Å². The topological polar surface area (TPSA) is 162 Å². The SMILES string of the molecule is CCOC(=O)C1=C(COC(=O)c2ccc(NC(N)=O)cc2)NC(=O)NC1c1ccco1. The van der Waals surface area contributed by atoms with Crippen LogP contribution in [0.5, 0.6) is 0 Å². The maximum Gasteiger partial charge on any atom is 0.338 e. The van der Waals surface area contributed by atoms with Crippen molar-refractivity contribution in [2.45, 2.75) is 13.0 Å². The standard InChI is InChI=1S/C20H20N4O7/c1-2-29-18(26)15-13(23-20(28)24-16(15)14-4-3-9-30-14)10-31-17(25)11-5-7-12(8-6-11)22-19(21)27/h3-9,16H,2,10H2,1H3,(H3,21,22,27)(H2,23,24,28). The van der Waals surface area contributed by atoms with E-state index in [0.29, 0.717) is 11.4 Å². The molecule has 2 aromatic rings. The average molecular weight is 428 g/mol. The van der Waals surface area contributed by atoms with Gasteiger partial charge in [0, 0.05) is 5.69 Å². The third-order valence-electron chi connectivity index (χ3n) is 4.21. The van der Waals surface area contributed by atoms with E-state index in [0.717, 1.165) is 0 Å². The molecule has 3 rings (SSSR count). The molecule has 1 aliphatic heterocycles. The average Bonchev–Trinajstić information content (AvgIpc) is 3.26. The molecule has 1 unspecified atom stereocenters. The lowest BCUT2D eigenvalue weighted by atomic mass is 10.0. The fourth-order valence-electron chi connectivity index (χ4n) is 2.90. The number of carbonyl (C=O) groups is 4. The molecular weight excluding hydrogens is 408 g/mol. The first-order valence-corrected chi connectivity index (χ1v) is 9.23. The van der Waals surface area contributed by atoms with Gasteiger partial charge in [0.2, 0.25) is 0 Å². The Morgan fingerprint density at radius 1 is 1.13 bits per heavy atom. The van der Waals surface area contributed by atoms with Crippen LogP contribution in [0.2, 0.25) is 0 Å². The number of nitrogens with one attached hydrogen (secondary N) is 3. The van der Waals surface area contributed by atoms with E-state index in [-0.39, 0.29) is 30.0 Å². The van der Waals surface area contributed by atoms with E-state index in [1.165, 1.54) is 30.5 Å². The molecular formula is C20H20N4O7. The molecule has 0 radical (unpaired) electrons. The summed E-state index contributed by atoms with van der Waals surface area (Å²) >= 11 is 0. The zero-order chi connectivity index (χ0) is 22.4. The van der Waals surface area contributed by atoms with E-state index in [9.17, 15) is 19.2 Å². The molecule has 1 atom stereocenters. The van der Waals surface area contributed by atoms with E-state index < -0.39 is 30.0 Å². The second kappa shape index (κ2) is 9.48. The van der Waals surface area contributed by atoms with Crippen LogP contribution in [0, 0.1) is 0 Å². The van der Waals surface area contributed by atoms with E-state index in [1.54, 1.807) is 19.1 Å². The van der Waals surface area contributed by atoms with E-state index >= 15 is 0 Å². The van der Waals surface area contributed by atoms with Crippen LogP contribution >= 0.6 is 0 Å². The van der Waals surface area contributed by atoms with Gasteiger partial charge >= 0.3 is 24.0 Å². The maximum absolute atomic E-state index is 12.6. The van der Waals surface area contributed by atoms with Gasteiger partial charge in [0.05, 0.1) is 29.7 Å². The quantitative estimate of drug-likeness (QED) is 0.489. The summed E-state index contributed by atoms with van der Waals surface area (Å²) in [6.45, 7) is 1.37. The molecule has 0 aliphatic carbocycles. The van der Waals surface area contributed by atoms with Crippen molar-refractivity contribution in [2.24, 2.45) is 5.73 Å². The van der Waals surface area contributed by atoms with E-state index in [1.807, 2.05) is 0 Å². The molecule has 31 heavy (non-hydrogen) atoms. The van der Waals surface area contributed by atoms with E-state index in [2.05, 4.69) is 16.0 Å². The van der Waals surface area contributed by atoms with Gasteiger partial charge in [-0.15, -0.1) is 0 Å². The molecule has 0 fully saturated rings. The third kappa shape index (κ3) is 5.21. The molecule has 11 nitrogen and oxygen atoms in total. The maximum atomic E-state index is 12.6. The van der Waals surface area contributed by atoms with Crippen LogP contribution in [0.15, 0.2) is 58.3 Å². The zero-order valence-electron chi connectivity index (χ0n) is 16.5. The number of amides is 4. The van der Waals surface area contributed by atoms with Crippen LogP contribution in [0.25, 0.3) is 0 Å². The number of urea groups is 2. The van der Waals surface area contributed by atoms with Gasteiger partial charge in [-0.1, -0.05) is 0 Å². The van der Waals surface area contributed by atoms with Crippen molar-refractivity contribution < 1.29 is 33.1 Å². The summed E-state index contributed by atoms with van der Waals surface area (Å²) in [6.07, 6.45) is 1.41. The number of nitrogens with two attached hydrogens (primary N) is 1. The normalized spacial score (nSPS) is 15.5. The summed E-state index contributed by atoms with van der Waals surface area (Å²) in [5.41, 5.74) is 5.77. The summed E-state index contributed by atoms with van der Waals surface area (Å²) in [5.74, 6) is -1.08. The Kier molecular flexibility index (Phi) is 6.55. The van der Waals surface area contributed by atoms with Crippen LogP contribution in [0.3, 0.4) is 0 Å². The highest BCUT2D eigenvalue weighted by Crippen LogP contribution is 2.28. The lowest BCUT2D eigenvalue weighted by Gasteiger charge is -2.27. The fourth-order valence-corrected chi connectivity index (χ4v) is 2.90. The second-order valence-corrected chi connectivity index (χ2v) is 6.30. The van der Waals surface area contributed by atoms with Crippen molar-refractivity contribution in [3.8, 4) is 0 Å². The van der Waals surface area contributed by atoms with E-state index in [4.69, 9.17) is 19.6 Å². The Morgan fingerprint density at radius 3 is 2.48 bits per heavy atom. The highest BCUT2D eigenvalue weighted by molar-refractivity contribution is 5.95. The molecule has 1 aromatic carbocycles. The first kappa shape index (κ1) is 21.4. The lowest BCUT2D eigenvalue weighted by Crippen LogP contribution is -2.47. The predicted molar refractivity (Wildman–Crippen MR) is 107 cm³/mol. The third-order valence-corrected chi connectivity index (χ3v) is 4.21. The van der Waals surface area contributed by atoms with Crippen LogP contribution in [0.4, 0.5) is 15.3 Å². The number of primary amides is 1. The molecule has 1 aliphatic rings. The zero-order valence-corrected chi connectivity index (χ0v) is 16.5. The Balaban J connectivity index is 1.81. The Bertz CT molecular complexity index is 1010. The minimum atomic E-state index is -0.907. The molecule has 2 heterocycles. The number of anilines is 1. The van der Waals surface area contributed by atoms with Gasteiger partial charge in [0.15, 0.2) is 0 Å². The molecule has 0 bridgehead atoms. The number of rotatable bonds is 7. The number of carbonyl (C=O) groups excluding carboxylic acids is 4. The van der Waals surface area contributed by atoms with Gasteiger partial charge in [-0.05, 0) is 43.3 Å². The number of hydrogen-bond acceptors (Lipinski definition) is 7. The van der Waals surface area contributed by atoms with Crippen molar-refractivity contribution in [3.63, 3.8) is 0 Å². The minimum absolute atomic E-state index is 0.0604. The van der Waals surface area contributed by atoms with Gasteiger partial charge in [-0.3, -0.25) is 0 Å². The molecule has 0 saturated heterocycles. The molecule has 4 amide bonds. The summed E-state index contributed by atoms with van der Waals surface area (Å²) in [7, 11) is 0. The van der Waals surface area contributed by atoms with Crippen molar-refractivity contribution in [3.05, 3.63) is 65.3 Å². The highest BCUT2D eigenvalue weighted by atomic mass is 16.5. The lowest BCUT2D eigenvalue weighted by molar-refractivity contribution is -0.139. The Labute approximate surface area is 176 Å². The smallest absolute Gasteiger partial charge is 0.338 e. The number of furan rings is 1. The summed E-state index contributed by atoms with van der Waals surface area (Å²) in [5, 5.41) is 7.45. The number of esters is 2. The Hall–Kier alpha value is -4.28. The number of benzene rings is 1. The molecule has 1 aromatic heterocycles. The number of hydrogen-bond donors (Lipinski definition) is 4. The summed E-state index contributed by atoms with van der Waals surface area (Å²) < 4.78 is 15.7. The van der Waals surface area contributed by atoms with Crippen LogP contribution < -0.4 is 21.7 Å². The second-order valence-electron chi connectivity index (χ2n) is 6.30. The Morgan fingerprint density at radius 2 is 1.87 bits per heavy atom. The molecule has 162 valence electrons. The monoisotopic (exact) mass is 428 g/mol. The summed E-state index contributed by atoms with van der Waals surface area (Å²) in [4.78, 5) is 47.9. The minimum Gasteiger partial charge on any atom is -0.467 e. The van der Waals surface area contributed by atoms with Crippen molar-refractivity contribution in [2.75, 3.05) is 18.5 Å². The molecule has 11 heteroatoms. The largest absolute Gasteiger partial charge is 0.467 e. The first-order chi connectivity index (χ1) is 14.9. The van der Waals surface area contributed by atoms with Crippen molar-refractivity contribution in [1.82, 2.24) is 10.6 Å². The van der Waals surface area contributed by atoms with Crippen LogP contribution in [0.1, 0.15) is 29.1 Å². The molecule has 0 spiro atoms. The molecule has 5 N–H and O–H groups in total.